The first-order valence-electron chi connectivity index (χ1n) is 8.19. The summed E-state index contributed by atoms with van der Waals surface area (Å²) in [6.45, 7) is 3.48. The molecule has 0 atom stereocenters. The van der Waals surface area contributed by atoms with Crippen molar-refractivity contribution in [2.24, 2.45) is 0 Å². The normalized spacial score (nSPS) is 19.8. The molecule has 0 aliphatic heterocycles. The number of hydrogen-bond acceptors (Lipinski definition) is 3. The molecule has 0 radical (unpaired) electrons. The second-order valence-corrected chi connectivity index (χ2v) is 7.12. The molecule has 2 rings (SSSR count). The fourth-order valence-corrected chi connectivity index (χ4v) is 3.96. The molecule has 0 aromatic heterocycles. The third-order valence-corrected chi connectivity index (χ3v) is 5.47. The molecule has 2 nitrogen and oxygen atoms in total. The first-order valence-corrected chi connectivity index (χ1v) is 9.35. The Morgan fingerprint density at radius 2 is 2.15 bits per heavy atom. The molecule has 0 aromatic rings. The van der Waals surface area contributed by atoms with Crippen molar-refractivity contribution in [3.8, 4) is 0 Å². The van der Waals surface area contributed by atoms with Gasteiger partial charge in [0.2, 0.25) is 0 Å². The van der Waals surface area contributed by atoms with Gasteiger partial charge >= 0.3 is 0 Å². The van der Waals surface area contributed by atoms with E-state index in [1.165, 1.54) is 56.6 Å². The number of hydrogen-bond donors (Lipinski definition) is 1. The van der Waals surface area contributed by atoms with Gasteiger partial charge in [0, 0.05) is 37.2 Å². The molecular formula is C17H30N2S. The van der Waals surface area contributed by atoms with Crippen molar-refractivity contribution < 1.29 is 0 Å². The van der Waals surface area contributed by atoms with Gasteiger partial charge in [0.05, 0.1) is 0 Å². The van der Waals surface area contributed by atoms with Crippen LogP contribution in [0.1, 0.15) is 38.5 Å². The van der Waals surface area contributed by atoms with Crippen molar-refractivity contribution in [3.05, 3.63) is 23.8 Å². The zero-order valence-corrected chi connectivity index (χ0v) is 13.8. The first kappa shape index (κ1) is 16.1. The van der Waals surface area contributed by atoms with Crippen molar-refractivity contribution in [2.75, 3.05) is 38.2 Å². The highest BCUT2D eigenvalue weighted by molar-refractivity contribution is 7.99. The van der Waals surface area contributed by atoms with E-state index in [4.69, 9.17) is 0 Å². The van der Waals surface area contributed by atoms with Gasteiger partial charge in [-0.1, -0.05) is 36.6 Å². The summed E-state index contributed by atoms with van der Waals surface area (Å²) in [5, 5.41) is 3.58. The van der Waals surface area contributed by atoms with E-state index in [0.717, 1.165) is 19.1 Å². The SMILES string of the molecule is CN(CCNCCSCC1=CC=CCC1)C1CCCC1. The Morgan fingerprint density at radius 3 is 2.90 bits per heavy atom. The number of thioether (sulfide) groups is 1. The van der Waals surface area contributed by atoms with Crippen molar-refractivity contribution >= 4 is 11.8 Å². The number of likely N-dealkylation sites (N-methyl/N-ethyl adjacent to an activating group) is 1. The Kier molecular flexibility index (Phi) is 7.78. The van der Waals surface area contributed by atoms with Gasteiger partial charge < -0.3 is 10.2 Å². The van der Waals surface area contributed by atoms with Crippen LogP contribution in [0.3, 0.4) is 0 Å². The van der Waals surface area contributed by atoms with Crippen molar-refractivity contribution in [2.45, 2.75) is 44.6 Å². The van der Waals surface area contributed by atoms with Crippen LogP contribution >= 0.6 is 11.8 Å². The van der Waals surface area contributed by atoms with Crippen LogP contribution in [0, 0.1) is 0 Å². The predicted octanol–water partition coefficient (Wildman–Crippen LogP) is 3.46. The molecule has 2 aliphatic carbocycles. The van der Waals surface area contributed by atoms with Crippen LogP contribution in [-0.4, -0.2) is 49.1 Å². The van der Waals surface area contributed by atoms with Gasteiger partial charge in [-0.25, -0.2) is 0 Å². The molecule has 3 heteroatoms. The molecule has 20 heavy (non-hydrogen) atoms. The quantitative estimate of drug-likeness (QED) is 0.656. The van der Waals surface area contributed by atoms with E-state index in [2.05, 4.69) is 47.3 Å². The van der Waals surface area contributed by atoms with Gasteiger partial charge in [0.1, 0.15) is 0 Å². The number of rotatable bonds is 9. The number of nitrogens with zero attached hydrogens (tertiary/aromatic N) is 1. The molecule has 1 fully saturated rings. The molecule has 0 bridgehead atoms. The summed E-state index contributed by atoms with van der Waals surface area (Å²) < 4.78 is 0. The zero-order chi connectivity index (χ0) is 14.0. The Balaban J connectivity index is 1.41. The van der Waals surface area contributed by atoms with E-state index in [9.17, 15) is 0 Å². The Hall–Kier alpha value is -0.250. The van der Waals surface area contributed by atoms with Gasteiger partial charge in [-0.15, -0.1) is 0 Å². The molecular weight excluding hydrogens is 264 g/mol. The Morgan fingerprint density at radius 1 is 1.30 bits per heavy atom. The maximum Gasteiger partial charge on any atom is 0.0147 e. The van der Waals surface area contributed by atoms with Crippen LogP contribution < -0.4 is 5.32 Å². The summed E-state index contributed by atoms with van der Waals surface area (Å²) in [6.07, 6.45) is 15.0. The minimum Gasteiger partial charge on any atom is -0.315 e. The largest absolute Gasteiger partial charge is 0.315 e. The van der Waals surface area contributed by atoms with Gasteiger partial charge in [0.15, 0.2) is 0 Å². The van der Waals surface area contributed by atoms with Crippen molar-refractivity contribution in [1.29, 1.82) is 0 Å². The lowest BCUT2D eigenvalue weighted by Crippen LogP contribution is -2.36. The molecule has 0 aromatic carbocycles. The average Bonchev–Trinajstić information content (AvgIpc) is 3.01. The lowest BCUT2D eigenvalue weighted by atomic mass is 10.1. The molecule has 114 valence electrons. The van der Waals surface area contributed by atoms with Crippen LogP contribution in [0.15, 0.2) is 23.8 Å². The fourth-order valence-electron chi connectivity index (χ4n) is 3.03. The smallest absolute Gasteiger partial charge is 0.0147 e. The lowest BCUT2D eigenvalue weighted by molar-refractivity contribution is 0.246. The van der Waals surface area contributed by atoms with Gasteiger partial charge in [-0.3, -0.25) is 0 Å². The highest BCUT2D eigenvalue weighted by Crippen LogP contribution is 2.21. The van der Waals surface area contributed by atoms with E-state index in [0.29, 0.717) is 0 Å². The van der Waals surface area contributed by atoms with Crippen LogP contribution in [0.25, 0.3) is 0 Å². The summed E-state index contributed by atoms with van der Waals surface area (Å²) >= 11 is 2.07. The van der Waals surface area contributed by atoms with Gasteiger partial charge in [-0.2, -0.15) is 11.8 Å². The molecule has 0 heterocycles. The fraction of sp³-hybridized carbons (Fsp3) is 0.765. The third-order valence-electron chi connectivity index (χ3n) is 4.40. The predicted molar refractivity (Wildman–Crippen MR) is 91.5 cm³/mol. The van der Waals surface area contributed by atoms with E-state index in [1.54, 1.807) is 5.57 Å². The molecule has 0 amide bonds. The highest BCUT2D eigenvalue weighted by Gasteiger charge is 2.18. The molecule has 0 spiro atoms. The molecule has 0 saturated heterocycles. The minimum atomic E-state index is 0.859. The summed E-state index contributed by atoms with van der Waals surface area (Å²) in [4.78, 5) is 2.55. The van der Waals surface area contributed by atoms with Gasteiger partial charge in [0.25, 0.3) is 0 Å². The van der Waals surface area contributed by atoms with Gasteiger partial charge in [-0.05, 0) is 32.7 Å². The first-order chi connectivity index (χ1) is 9.86. The Labute approximate surface area is 129 Å². The summed E-state index contributed by atoms with van der Waals surface area (Å²) in [5.74, 6) is 2.45. The maximum atomic E-state index is 3.58. The van der Waals surface area contributed by atoms with Crippen LogP contribution in [0.4, 0.5) is 0 Å². The second kappa shape index (κ2) is 9.64. The van der Waals surface area contributed by atoms with E-state index < -0.39 is 0 Å². The van der Waals surface area contributed by atoms with E-state index in [-0.39, 0.29) is 0 Å². The number of allylic oxidation sites excluding steroid dienone is 3. The molecule has 0 unspecified atom stereocenters. The zero-order valence-electron chi connectivity index (χ0n) is 12.9. The second-order valence-electron chi connectivity index (χ2n) is 6.01. The number of nitrogens with one attached hydrogen (secondary N) is 1. The molecule has 1 N–H and O–H groups in total. The lowest BCUT2D eigenvalue weighted by Gasteiger charge is -2.23. The van der Waals surface area contributed by atoms with E-state index in [1.807, 2.05) is 0 Å². The van der Waals surface area contributed by atoms with Crippen molar-refractivity contribution in [1.82, 2.24) is 10.2 Å². The van der Waals surface area contributed by atoms with Crippen LogP contribution in [0.5, 0.6) is 0 Å². The summed E-state index contributed by atoms with van der Waals surface area (Å²) in [5.41, 5.74) is 1.61. The van der Waals surface area contributed by atoms with Crippen LogP contribution in [0.2, 0.25) is 0 Å². The molecule has 1 saturated carbocycles. The van der Waals surface area contributed by atoms with Crippen LogP contribution in [-0.2, 0) is 0 Å². The highest BCUT2D eigenvalue weighted by atomic mass is 32.2. The Bertz CT molecular complexity index is 319. The minimum absolute atomic E-state index is 0.859. The monoisotopic (exact) mass is 294 g/mol. The summed E-state index contributed by atoms with van der Waals surface area (Å²) in [7, 11) is 2.29. The standard InChI is InChI=1S/C17H30N2S/c1-19(17-9-5-6-10-17)13-11-18-12-14-20-15-16-7-3-2-4-8-16/h2-3,7,17-18H,4-6,8-15H2,1H3. The van der Waals surface area contributed by atoms with Crippen molar-refractivity contribution in [3.63, 3.8) is 0 Å². The molecule has 2 aliphatic rings. The topological polar surface area (TPSA) is 15.3 Å². The summed E-state index contributed by atoms with van der Waals surface area (Å²) in [6, 6.07) is 0.859. The maximum absolute atomic E-state index is 3.58. The third kappa shape index (κ3) is 6.02. The average molecular weight is 295 g/mol. The van der Waals surface area contributed by atoms with E-state index >= 15 is 0 Å².